The first-order chi connectivity index (χ1) is 3.81. The summed E-state index contributed by atoms with van der Waals surface area (Å²) in [5.41, 5.74) is -0.116. The quantitative estimate of drug-likeness (QED) is 0.358. The van der Waals surface area contributed by atoms with Crippen LogP contribution in [0, 0.1) is 10.3 Å². The lowest BCUT2D eigenvalue weighted by atomic mass is 9.89. The zero-order chi connectivity index (χ0) is 7.71. The van der Waals surface area contributed by atoms with Crippen molar-refractivity contribution < 1.29 is 0 Å². The molecular weight excluding hydrogens is 182 g/mol. The van der Waals surface area contributed by atoms with Crippen molar-refractivity contribution in [3.8, 4) is 0 Å². The van der Waals surface area contributed by atoms with Crippen LogP contribution in [-0.2, 0) is 0 Å². The number of hydrogen-bond acceptors (Lipinski definition) is 2. The third-order valence-corrected chi connectivity index (χ3v) is 2.87. The molecule has 0 aromatic carbocycles. The zero-order valence-electron chi connectivity index (χ0n) is 6.23. The topological polar surface area (TPSA) is 29.4 Å². The van der Waals surface area contributed by atoms with Crippen LogP contribution in [0.1, 0.15) is 27.7 Å². The Balaban J connectivity index is 4.32. The Morgan fingerprint density at radius 1 is 1.22 bits per heavy atom. The molecule has 0 radical (unpaired) electrons. The van der Waals surface area contributed by atoms with Crippen LogP contribution in [0.5, 0.6) is 0 Å². The maximum atomic E-state index is 10.2. The van der Waals surface area contributed by atoms with Gasteiger partial charge in [-0.05, 0) is 6.92 Å². The van der Waals surface area contributed by atoms with Crippen molar-refractivity contribution in [2.75, 3.05) is 0 Å². The van der Waals surface area contributed by atoms with E-state index in [1.54, 1.807) is 6.92 Å². The summed E-state index contributed by atoms with van der Waals surface area (Å²) in [5, 5.41) is 2.96. The molecule has 0 aliphatic carbocycles. The zero-order valence-corrected chi connectivity index (χ0v) is 7.82. The van der Waals surface area contributed by atoms with Gasteiger partial charge in [0.05, 0.1) is 0 Å². The summed E-state index contributed by atoms with van der Waals surface area (Å²) in [6, 6.07) is 0. The van der Waals surface area contributed by atoms with Crippen LogP contribution in [0.4, 0.5) is 0 Å². The smallest absolute Gasteiger partial charge is 0.149 e. The summed E-state index contributed by atoms with van der Waals surface area (Å²) in [4.78, 5) is 10.2. The van der Waals surface area contributed by atoms with Crippen molar-refractivity contribution in [2.24, 2.45) is 10.6 Å². The van der Waals surface area contributed by atoms with Crippen molar-refractivity contribution in [1.82, 2.24) is 0 Å². The predicted molar refractivity (Wildman–Crippen MR) is 42.6 cm³/mol. The van der Waals surface area contributed by atoms with Crippen LogP contribution in [0.25, 0.3) is 0 Å². The summed E-state index contributed by atoms with van der Waals surface area (Å²) < 4.78 is -0.639. The first-order valence-corrected chi connectivity index (χ1v) is 3.64. The Hall–Kier alpha value is 0.0800. The van der Waals surface area contributed by atoms with Crippen LogP contribution in [0.3, 0.4) is 0 Å². The van der Waals surface area contributed by atoms with E-state index in [2.05, 4.69) is 21.1 Å². The molecule has 9 heavy (non-hydrogen) atoms. The van der Waals surface area contributed by atoms with Gasteiger partial charge in [-0.3, -0.25) is 0 Å². The lowest BCUT2D eigenvalue weighted by Gasteiger charge is -2.29. The average Bonchev–Trinajstić information content (AvgIpc) is 1.64. The molecule has 0 amide bonds. The Bertz CT molecular complexity index is 115. The fourth-order valence-corrected chi connectivity index (χ4v) is 0.137. The second-order valence-corrected chi connectivity index (χ2v) is 4.84. The molecule has 54 valence electrons. The number of nitrogens with zero attached hydrogens (tertiary/aromatic N) is 1. The van der Waals surface area contributed by atoms with E-state index in [1.807, 2.05) is 20.8 Å². The lowest BCUT2D eigenvalue weighted by molar-refractivity contribution is 0.314. The van der Waals surface area contributed by atoms with E-state index in [0.29, 0.717) is 0 Å². The van der Waals surface area contributed by atoms with Gasteiger partial charge in [0, 0.05) is 5.41 Å². The van der Waals surface area contributed by atoms with Gasteiger partial charge < -0.3 is 0 Å². The second-order valence-electron chi connectivity index (χ2n) is 3.29. The SMILES string of the molecule is CC(C)(C)C(C)(Br)N=O. The summed E-state index contributed by atoms with van der Waals surface area (Å²) in [6.07, 6.45) is 0. The van der Waals surface area contributed by atoms with Gasteiger partial charge in [0.2, 0.25) is 0 Å². The second kappa shape index (κ2) is 2.37. The van der Waals surface area contributed by atoms with E-state index in [9.17, 15) is 4.91 Å². The molecule has 0 bridgehead atoms. The van der Waals surface area contributed by atoms with Crippen molar-refractivity contribution >= 4 is 15.9 Å². The Morgan fingerprint density at radius 2 is 1.56 bits per heavy atom. The van der Waals surface area contributed by atoms with Gasteiger partial charge >= 0.3 is 0 Å². The molecule has 0 spiro atoms. The summed E-state index contributed by atoms with van der Waals surface area (Å²) in [5.74, 6) is 0. The molecule has 2 nitrogen and oxygen atoms in total. The van der Waals surface area contributed by atoms with E-state index in [4.69, 9.17) is 0 Å². The number of hydrogen-bond donors (Lipinski definition) is 0. The molecule has 0 aromatic heterocycles. The van der Waals surface area contributed by atoms with E-state index in [0.717, 1.165) is 0 Å². The van der Waals surface area contributed by atoms with Crippen molar-refractivity contribution in [3.05, 3.63) is 4.91 Å². The average molecular weight is 194 g/mol. The highest BCUT2D eigenvalue weighted by Crippen LogP contribution is 2.38. The Morgan fingerprint density at radius 3 is 1.56 bits per heavy atom. The molecular formula is C6H12BrNO. The van der Waals surface area contributed by atoms with Crippen molar-refractivity contribution in [3.63, 3.8) is 0 Å². The highest BCUT2D eigenvalue weighted by Gasteiger charge is 2.36. The minimum atomic E-state index is -0.639. The molecule has 0 N–H and O–H groups in total. The molecule has 3 heteroatoms. The summed E-state index contributed by atoms with van der Waals surface area (Å²) in [6.45, 7) is 7.65. The molecule has 0 heterocycles. The van der Waals surface area contributed by atoms with Crippen LogP contribution in [-0.4, -0.2) is 4.45 Å². The molecule has 0 fully saturated rings. The van der Waals surface area contributed by atoms with Crippen LogP contribution < -0.4 is 0 Å². The molecule has 0 saturated carbocycles. The third kappa shape index (κ3) is 2.05. The monoisotopic (exact) mass is 193 g/mol. The molecule has 0 aliphatic heterocycles. The first-order valence-electron chi connectivity index (χ1n) is 2.85. The maximum absolute atomic E-state index is 10.2. The van der Waals surface area contributed by atoms with Gasteiger partial charge in [-0.15, -0.1) is 4.91 Å². The number of nitroso groups, excluding NO2 is 1. The Labute approximate surface area is 64.1 Å². The molecule has 0 aromatic rings. The van der Waals surface area contributed by atoms with E-state index < -0.39 is 4.45 Å². The minimum Gasteiger partial charge on any atom is -0.149 e. The van der Waals surface area contributed by atoms with Gasteiger partial charge in [0.25, 0.3) is 0 Å². The fourth-order valence-electron chi connectivity index (χ4n) is 0.137. The summed E-state index contributed by atoms with van der Waals surface area (Å²) >= 11 is 3.22. The van der Waals surface area contributed by atoms with Crippen molar-refractivity contribution in [2.45, 2.75) is 32.1 Å². The normalized spacial score (nSPS) is 18.8. The number of alkyl halides is 1. The fraction of sp³-hybridized carbons (Fsp3) is 1.00. The Kier molecular flexibility index (Phi) is 2.39. The molecule has 1 atom stereocenters. The largest absolute Gasteiger partial charge is 0.159 e. The molecule has 0 saturated heterocycles. The molecule has 1 unspecified atom stereocenters. The van der Waals surface area contributed by atoms with Crippen LogP contribution in [0.15, 0.2) is 5.18 Å². The third-order valence-electron chi connectivity index (χ3n) is 1.54. The minimum absolute atomic E-state index is 0.116. The van der Waals surface area contributed by atoms with Gasteiger partial charge in [-0.1, -0.05) is 41.9 Å². The van der Waals surface area contributed by atoms with Gasteiger partial charge in [0.15, 0.2) is 4.45 Å². The molecule has 0 rings (SSSR count). The van der Waals surface area contributed by atoms with E-state index >= 15 is 0 Å². The first kappa shape index (κ1) is 9.08. The van der Waals surface area contributed by atoms with Crippen molar-refractivity contribution in [1.29, 1.82) is 0 Å². The van der Waals surface area contributed by atoms with E-state index in [1.165, 1.54) is 0 Å². The standard InChI is InChI=1S/C6H12BrNO/c1-5(2,3)6(4,7)8-9/h1-4H3. The van der Waals surface area contributed by atoms with E-state index in [-0.39, 0.29) is 5.41 Å². The number of rotatable bonds is 1. The van der Waals surface area contributed by atoms with Crippen LogP contribution in [0.2, 0.25) is 0 Å². The lowest BCUT2D eigenvalue weighted by Crippen LogP contribution is -2.30. The molecule has 0 aliphatic rings. The van der Waals surface area contributed by atoms with Crippen LogP contribution >= 0.6 is 15.9 Å². The highest BCUT2D eigenvalue weighted by molar-refractivity contribution is 9.10. The van der Waals surface area contributed by atoms with Gasteiger partial charge in [-0.25, -0.2) is 0 Å². The predicted octanol–water partition coefficient (Wildman–Crippen LogP) is 2.91. The van der Waals surface area contributed by atoms with Gasteiger partial charge in [0.1, 0.15) is 0 Å². The maximum Gasteiger partial charge on any atom is 0.159 e. The highest BCUT2D eigenvalue weighted by atomic mass is 79.9. The summed E-state index contributed by atoms with van der Waals surface area (Å²) in [7, 11) is 0. The van der Waals surface area contributed by atoms with Gasteiger partial charge in [-0.2, -0.15) is 0 Å². The number of halogens is 1.